The third kappa shape index (κ3) is 3.20. The van der Waals surface area contributed by atoms with Crippen LogP contribution in [0.5, 0.6) is 0 Å². The smallest absolute Gasteiger partial charge is 0.335 e. The van der Waals surface area contributed by atoms with E-state index in [1.54, 1.807) is 24.3 Å². The Hall–Kier alpha value is -1.62. The summed E-state index contributed by atoms with van der Waals surface area (Å²) in [4.78, 5) is 12.9. The Morgan fingerprint density at radius 3 is 2.33 bits per heavy atom. The van der Waals surface area contributed by atoms with Crippen LogP contribution in [-0.4, -0.2) is 34.2 Å². The number of nitrogens with zero attached hydrogens (tertiary/aromatic N) is 1. The van der Waals surface area contributed by atoms with Crippen molar-refractivity contribution in [1.29, 1.82) is 0 Å². The Bertz CT molecular complexity index is 439. The minimum absolute atomic E-state index is 0.282. The first kappa shape index (κ1) is 12.8. The van der Waals surface area contributed by atoms with Gasteiger partial charge in [0.1, 0.15) is 0 Å². The number of carbonyl (C=O) groups is 1. The fraction of sp³-hybridized carbons (Fsp3) is 0.385. The van der Waals surface area contributed by atoms with Gasteiger partial charge in [-0.15, -0.1) is 0 Å². The number of carboxylic acids is 1. The largest absolute Gasteiger partial charge is 0.478 e. The lowest BCUT2D eigenvalue weighted by atomic mass is 10.1. The van der Waals surface area contributed by atoms with Crippen molar-refractivity contribution >= 4 is 29.0 Å². The van der Waals surface area contributed by atoms with Crippen molar-refractivity contribution in [3.05, 3.63) is 29.8 Å². The molecule has 2 N–H and O–H groups in total. The number of anilines is 1. The molecule has 0 spiro atoms. The molecule has 0 saturated carbocycles. The maximum atomic E-state index is 10.7. The molecule has 0 aliphatic carbocycles. The number of aromatic carboxylic acids is 1. The molecule has 18 heavy (non-hydrogen) atoms. The molecule has 0 radical (unpaired) electrons. The van der Waals surface area contributed by atoms with E-state index in [4.69, 9.17) is 17.3 Å². The highest BCUT2D eigenvalue weighted by Gasteiger charge is 2.13. The molecule has 96 valence electrons. The van der Waals surface area contributed by atoms with Gasteiger partial charge in [-0.25, -0.2) is 4.79 Å². The average molecular weight is 264 g/mol. The predicted molar refractivity (Wildman–Crippen MR) is 75.0 cm³/mol. The van der Waals surface area contributed by atoms with Crippen LogP contribution in [0.15, 0.2) is 24.3 Å². The number of hydrogen-bond acceptors (Lipinski definition) is 2. The van der Waals surface area contributed by atoms with E-state index < -0.39 is 5.97 Å². The van der Waals surface area contributed by atoms with Gasteiger partial charge in [0.15, 0.2) is 5.11 Å². The van der Waals surface area contributed by atoms with Gasteiger partial charge in [-0.05, 0) is 55.7 Å². The minimum atomic E-state index is -0.917. The normalized spacial score (nSPS) is 15.2. The molecule has 1 aliphatic rings. The van der Waals surface area contributed by atoms with Gasteiger partial charge in [0.25, 0.3) is 0 Å². The Labute approximate surface area is 112 Å². The van der Waals surface area contributed by atoms with Crippen LogP contribution in [0.1, 0.15) is 29.6 Å². The fourth-order valence-electron chi connectivity index (χ4n) is 2.00. The number of rotatable bonds is 2. The van der Waals surface area contributed by atoms with Gasteiger partial charge < -0.3 is 15.3 Å². The monoisotopic (exact) mass is 264 g/mol. The average Bonchev–Trinajstić information content (AvgIpc) is 2.40. The molecule has 0 aromatic heterocycles. The number of likely N-dealkylation sites (tertiary alicyclic amines) is 1. The first-order valence-corrected chi connectivity index (χ1v) is 6.47. The van der Waals surface area contributed by atoms with Crippen molar-refractivity contribution in [3.63, 3.8) is 0 Å². The third-order valence-electron chi connectivity index (χ3n) is 3.03. The second-order valence-electron chi connectivity index (χ2n) is 4.36. The summed E-state index contributed by atoms with van der Waals surface area (Å²) in [6.07, 6.45) is 3.63. The summed E-state index contributed by atoms with van der Waals surface area (Å²) in [5.74, 6) is -0.917. The molecule has 0 unspecified atom stereocenters. The van der Waals surface area contributed by atoms with Gasteiger partial charge in [-0.3, -0.25) is 0 Å². The molecule has 2 rings (SSSR count). The van der Waals surface area contributed by atoms with Crippen LogP contribution in [-0.2, 0) is 0 Å². The van der Waals surface area contributed by atoms with E-state index in [0.717, 1.165) is 23.9 Å². The first-order valence-electron chi connectivity index (χ1n) is 6.06. The van der Waals surface area contributed by atoms with Crippen LogP contribution in [0, 0.1) is 0 Å². The van der Waals surface area contributed by atoms with Crippen molar-refractivity contribution in [2.45, 2.75) is 19.3 Å². The number of hydrogen-bond donors (Lipinski definition) is 2. The zero-order valence-corrected chi connectivity index (χ0v) is 10.9. The van der Waals surface area contributed by atoms with E-state index in [2.05, 4.69) is 10.2 Å². The maximum absolute atomic E-state index is 10.7. The second kappa shape index (κ2) is 5.82. The lowest BCUT2D eigenvalue weighted by Gasteiger charge is -2.29. The summed E-state index contributed by atoms with van der Waals surface area (Å²) in [6, 6.07) is 6.62. The highest BCUT2D eigenvalue weighted by atomic mass is 32.1. The molecule has 5 heteroatoms. The summed E-state index contributed by atoms with van der Waals surface area (Å²) in [5, 5.41) is 12.7. The number of benzene rings is 1. The molecular weight excluding hydrogens is 248 g/mol. The van der Waals surface area contributed by atoms with E-state index in [1.165, 1.54) is 19.3 Å². The summed E-state index contributed by atoms with van der Waals surface area (Å²) in [5.41, 5.74) is 1.11. The van der Waals surface area contributed by atoms with Gasteiger partial charge in [0, 0.05) is 18.8 Å². The Morgan fingerprint density at radius 2 is 1.78 bits per heavy atom. The number of thiocarbonyl (C=S) groups is 1. The van der Waals surface area contributed by atoms with E-state index in [0.29, 0.717) is 0 Å². The van der Waals surface area contributed by atoms with Crippen molar-refractivity contribution in [2.75, 3.05) is 18.4 Å². The standard InChI is InChI=1S/C13H16N2O2S/c16-12(17)10-4-6-11(7-5-10)14-13(18)15-8-2-1-3-9-15/h4-7H,1-3,8-9H2,(H,14,18)(H,16,17). The molecule has 1 aromatic rings. The number of carboxylic acid groups (broad SMARTS) is 1. The third-order valence-corrected chi connectivity index (χ3v) is 3.39. The Balaban J connectivity index is 1.96. The molecule has 1 aliphatic heterocycles. The summed E-state index contributed by atoms with van der Waals surface area (Å²) in [7, 11) is 0. The SMILES string of the molecule is O=C(O)c1ccc(NC(=S)N2CCCCC2)cc1. The molecule has 4 nitrogen and oxygen atoms in total. The zero-order valence-electron chi connectivity index (χ0n) is 10.1. The van der Waals surface area contributed by atoms with Gasteiger partial charge in [-0.1, -0.05) is 0 Å². The molecular formula is C13H16N2O2S. The van der Waals surface area contributed by atoms with Gasteiger partial charge >= 0.3 is 5.97 Å². The van der Waals surface area contributed by atoms with Gasteiger partial charge in [-0.2, -0.15) is 0 Å². The van der Waals surface area contributed by atoms with Crippen molar-refractivity contribution in [1.82, 2.24) is 4.90 Å². The highest BCUT2D eigenvalue weighted by molar-refractivity contribution is 7.80. The van der Waals surface area contributed by atoms with E-state index in [9.17, 15) is 4.79 Å². The van der Waals surface area contributed by atoms with Crippen LogP contribution in [0.25, 0.3) is 0 Å². The summed E-state index contributed by atoms with van der Waals surface area (Å²) in [6.45, 7) is 2.00. The van der Waals surface area contributed by atoms with E-state index in [1.807, 2.05) is 0 Å². The highest BCUT2D eigenvalue weighted by Crippen LogP contribution is 2.13. The van der Waals surface area contributed by atoms with Crippen LogP contribution < -0.4 is 5.32 Å². The van der Waals surface area contributed by atoms with Gasteiger partial charge in [0.05, 0.1) is 5.56 Å². The van der Waals surface area contributed by atoms with Crippen LogP contribution in [0.2, 0.25) is 0 Å². The second-order valence-corrected chi connectivity index (χ2v) is 4.75. The number of piperidine rings is 1. The zero-order chi connectivity index (χ0) is 13.0. The van der Waals surface area contributed by atoms with Crippen LogP contribution in [0.3, 0.4) is 0 Å². The minimum Gasteiger partial charge on any atom is -0.478 e. The molecule has 0 amide bonds. The van der Waals surface area contributed by atoms with Crippen molar-refractivity contribution in [2.24, 2.45) is 0 Å². The lowest BCUT2D eigenvalue weighted by Crippen LogP contribution is -2.38. The Morgan fingerprint density at radius 1 is 1.17 bits per heavy atom. The molecule has 1 aromatic carbocycles. The summed E-state index contributed by atoms with van der Waals surface area (Å²) >= 11 is 5.34. The summed E-state index contributed by atoms with van der Waals surface area (Å²) < 4.78 is 0. The maximum Gasteiger partial charge on any atom is 0.335 e. The molecule has 0 bridgehead atoms. The van der Waals surface area contributed by atoms with Crippen molar-refractivity contribution < 1.29 is 9.90 Å². The van der Waals surface area contributed by atoms with E-state index in [-0.39, 0.29) is 5.56 Å². The molecule has 1 fully saturated rings. The van der Waals surface area contributed by atoms with E-state index >= 15 is 0 Å². The molecule has 1 saturated heterocycles. The van der Waals surface area contributed by atoms with Crippen LogP contribution >= 0.6 is 12.2 Å². The number of nitrogens with one attached hydrogen (secondary N) is 1. The molecule has 0 atom stereocenters. The predicted octanol–water partition coefficient (Wildman–Crippen LogP) is 2.57. The topological polar surface area (TPSA) is 52.6 Å². The molecule has 1 heterocycles. The van der Waals surface area contributed by atoms with Crippen LogP contribution in [0.4, 0.5) is 5.69 Å². The quantitative estimate of drug-likeness (QED) is 0.804. The lowest BCUT2D eigenvalue weighted by molar-refractivity contribution is 0.0697. The fourth-order valence-corrected chi connectivity index (χ4v) is 2.30. The first-order chi connectivity index (χ1) is 8.66. The van der Waals surface area contributed by atoms with Crippen molar-refractivity contribution in [3.8, 4) is 0 Å². The van der Waals surface area contributed by atoms with Gasteiger partial charge in [0.2, 0.25) is 0 Å². The Kier molecular flexibility index (Phi) is 4.15.